The topological polar surface area (TPSA) is 80.1 Å². The molecule has 1 saturated heterocycles. The van der Waals surface area contributed by atoms with Crippen molar-refractivity contribution < 1.29 is 9.59 Å². The van der Waals surface area contributed by atoms with E-state index in [1.165, 1.54) is 11.3 Å². The summed E-state index contributed by atoms with van der Waals surface area (Å²) in [6.07, 6.45) is 4.85. The first kappa shape index (κ1) is 21.5. The lowest BCUT2D eigenvalue weighted by atomic mass is 9.98. The van der Waals surface area contributed by atoms with E-state index in [0.717, 1.165) is 58.6 Å². The van der Waals surface area contributed by atoms with Crippen LogP contribution in [0, 0.1) is 13.8 Å². The molecule has 0 unspecified atom stereocenters. The number of benzene rings is 1. The third-order valence-electron chi connectivity index (χ3n) is 6.02. The van der Waals surface area contributed by atoms with Crippen molar-refractivity contribution in [3.05, 3.63) is 46.4 Å². The Labute approximate surface area is 186 Å². The van der Waals surface area contributed by atoms with Gasteiger partial charge in [0, 0.05) is 24.3 Å². The van der Waals surface area contributed by atoms with Crippen molar-refractivity contribution in [1.82, 2.24) is 25.0 Å². The number of aromatic nitrogens is 3. The number of fused-ring (bicyclic) bond motifs is 1. The van der Waals surface area contributed by atoms with Gasteiger partial charge in [-0.1, -0.05) is 31.0 Å². The van der Waals surface area contributed by atoms with Gasteiger partial charge in [0.25, 0.3) is 5.91 Å². The molecular formula is C23H29N5O2S. The van der Waals surface area contributed by atoms with Gasteiger partial charge >= 0.3 is 0 Å². The minimum Gasteiger partial charge on any atom is -0.354 e. The Balaban J connectivity index is 1.64. The van der Waals surface area contributed by atoms with Crippen molar-refractivity contribution in [3.63, 3.8) is 0 Å². The van der Waals surface area contributed by atoms with Crippen LogP contribution in [0.3, 0.4) is 0 Å². The summed E-state index contributed by atoms with van der Waals surface area (Å²) >= 11 is 1.53. The van der Waals surface area contributed by atoms with Crippen LogP contribution in [-0.2, 0) is 17.8 Å². The monoisotopic (exact) mass is 439 g/mol. The molecular weight excluding hydrogens is 410 g/mol. The molecule has 0 radical (unpaired) electrons. The SMILES string of the molecule is CNC(=O)c1sc2ccccc2c1C[C@H]1CCCCCN1C(=O)Cn1nc(C)nc1C. The highest BCUT2D eigenvalue weighted by molar-refractivity contribution is 7.21. The van der Waals surface area contributed by atoms with Gasteiger partial charge < -0.3 is 10.2 Å². The highest BCUT2D eigenvalue weighted by Gasteiger charge is 2.29. The van der Waals surface area contributed by atoms with Crippen LogP contribution in [0.1, 0.15) is 52.6 Å². The van der Waals surface area contributed by atoms with E-state index < -0.39 is 0 Å². The van der Waals surface area contributed by atoms with Gasteiger partial charge in [-0.25, -0.2) is 9.67 Å². The van der Waals surface area contributed by atoms with Crippen LogP contribution in [0.5, 0.6) is 0 Å². The summed E-state index contributed by atoms with van der Waals surface area (Å²) in [5, 5.41) is 8.26. The Kier molecular flexibility index (Phi) is 6.36. The second-order valence-electron chi connectivity index (χ2n) is 8.14. The number of nitrogens with zero attached hydrogens (tertiary/aromatic N) is 4. The number of carbonyl (C=O) groups excluding carboxylic acids is 2. The lowest BCUT2D eigenvalue weighted by molar-refractivity contribution is -0.134. The molecule has 0 spiro atoms. The van der Waals surface area contributed by atoms with Gasteiger partial charge in [0.15, 0.2) is 0 Å². The van der Waals surface area contributed by atoms with Gasteiger partial charge in [0.05, 0.1) is 4.88 Å². The molecule has 1 aliphatic heterocycles. The summed E-state index contributed by atoms with van der Waals surface area (Å²) < 4.78 is 2.80. The predicted octanol–water partition coefficient (Wildman–Crippen LogP) is 3.48. The fraction of sp³-hybridized carbons (Fsp3) is 0.478. The first-order valence-electron chi connectivity index (χ1n) is 10.9. The van der Waals surface area contributed by atoms with Crippen molar-refractivity contribution in [2.24, 2.45) is 0 Å². The molecule has 0 saturated carbocycles. The molecule has 164 valence electrons. The van der Waals surface area contributed by atoms with E-state index in [2.05, 4.69) is 27.5 Å². The van der Waals surface area contributed by atoms with Crippen LogP contribution in [0.4, 0.5) is 0 Å². The number of rotatable bonds is 5. The summed E-state index contributed by atoms with van der Waals surface area (Å²) in [4.78, 5) is 33.0. The minimum atomic E-state index is -0.0589. The van der Waals surface area contributed by atoms with E-state index in [1.807, 2.05) is 30.9 Å². The smallest absolute Gasteiger partial charge is 0.261 e. The van der Waals surface area contributed by atoms with Gasteiger partial charge in [-0.05, 0) is 50.1 Å². The largest absolute Gasteiger partial charge is 0.354 e. The second-order valence-corrected chi connectivity index (χ2v) is 9.20. The number of likely N-dealkylation sites (tertiary alicyclic amines) is 1. The molecule has 1 atom stereocenters. The molecule has 1 N–H and O–H groups in total. The molecule has 31 heavy (non-hydrogen) atoms. The van der Waals surface area contributed by atoms with Crippen molar-refractivity contribution >= 4 is 33.2 Å². The van der Waals surface area contributed by atoms with Crippen LogP contribution in [0.15, 0.2) is 24.3 Å². The van der Waals surface area contributed by atoms with Gasteiger partial charge in [0.1, 0.15) is 18.2 Å². The third-order valence-corrected chi connectivity index (χ3v) is 7.23. The van der Waals surface area contributed by atoms with Crippen LogP contribution in [-0.4, -0.2) is 51.1 Å². The minimum absolute atomic E-state index is 0.0589. The standard InChI is InChI=1S/C23H29N5O2S/c1-15-25-16(2)28(26-15)14-21(29)27-12-8-4-5-9-17(27)13-19-18-10-6-7-11-20(18)31-22(19)23(30)24-3/h6-7,10-11,17H,4-5,8-9,12-14H2,1-3H3,(H,24,30)/t17-/m1/s1. The molecule has 2 amide bonds. The summed E-state index contributed by atoms with van der Waals surface area (Å²) in [5.41, 5.74) is 1.05. The van der Waals surface area contributed by atoms with E-state index >= 15 is 0 Å². The van der Waals surface area contributed by atoms with Crippen molar-refractivity contribution in [2.45, 2.75) is 58.5 Å². The van der Waals surface area contributed by atoms with Crippen LogP contribution >= 0.6 is 11.3 Å². The third kappa shape index (κ3) is 4.49. The Hall–Kier alpha value is -2.74. The molecule has 3 aromatic rings. The first-order chi connectivity index (χ1) is 15.0. The molecule has 7 nitrogen and oxygen atoms in total. The molecule has 0 bridgehead atoms. The van der Waals surface area contributed by atoms with Gasteiger partial charge in [0.2, 0.25) is 5.91 Å². The second kappa shape index (κ2) is 9.18. The van der Waals surface area contributed by atoms with Gasteiger partial charge in [-0.2, -0.15) is 5.10 Å². The zero-order chi connectivity index (χ0) is 22.0. The summed E-state index contributed by atoms with van der Waals surface area (Å²) in [5.74, 6) is 1.44. The number of hydrogen-bond donors (Lipinski definition) is 1. The molecule has 1 aromatic carbocycles. The quantitative estimate of drug-likeness (QED) is 0.660. The molecule has 4 rings (SSSR count). The van der Waals surface area contributed by atoms with Crippen LogP contribution in [0.2, 0.25) is 0 Å². The van der Waals surface area contributed by atoms with E-state index in [-0.39, 0.29) is 24.4 Å². The maximum Gasteiger partial charge on any atom is 0.261 e. The molecule has 2 aromatic heterocycles. The van der Waals surface area contributed by atoms with Crippen molar-refractivity contribution in [2.75, 3.05) is 13.6 Å². The van der Waals surface area contributed by atoms with Crippen LogP contribution in [0.25, 0.3) is 10.1 Å². The number of aryl methyl sites for hydroxylation is 2. The number of hydrogen-bond acceptors (Lipinski definition) is 5. The zero-order valence-electron chi connectivity index (χ0n) is 18.4. The lowest BCUT2D eigenvalue weighted by Crippen LogP contribution is -2.43. The fourth-order valence-corrected chi connectivity index (χ4v) is 5.66. The van der Waals surface area contributed by atoms with E-state index in [9.17, 15) is 9.59 Å². The lowest BCUT2D eigenvalue weighted by Gasteiger charge is -2.30. The van der Waals surface area contributed by atoms with E-state index in [1.54, 1.807) is 11.7 Å². The summed E-state index contributed by atoms with van der Waals surface area (Å²) in [6, 6.07) is 8.22. The molecule has 3 heterocycles. The summed E-state index contributed by atoms with van der Waals surface area (Å²) in [7, 11) is 1.67. The Morgan fingerprint density at radius 2 is 2.00 bits per heavy atom. The normalized spacial score (nSPS) is 17.0. The highest BCUT2D eigenvalue weighted by Crippen LogP contribution is 2.34. The molecule has 0 aliphatic carbocycles. The Morgan fingerprint density at radius 1 is 1.19 bits per heavy atom. The maximum absolute atomic E-state index is 13.3. The summed E-state index contributed by atoms with van der Waals surface area (Å²) in [6.45, 7) is 4.66. The number of carbonyl (C=O) groups is 2. The first-order valence-corrected chi connectivity index (χ1v) is 11.7. The average molecular weight is 440 g/mol. The maximum atomic E-state index is 13.3. The van der Waals surface area contributed by atoms with Gasteiger partial charge in [-0.3, -0.25) is 9.59 Å². The Bertz CT molecular complexity index is 1100. The number of nitrogens with one attached hydrogen (secondary N) is 1. The van der Waals surface area contributed by atoms with E-state index in [0.29, 0.717) is 12.2 Å². The van der Waals surface area contributed by atoms with Crippen molar-refractivity contribution in [3.8, 4) is 0 Å². The molecule has 1 aliphatic rings. The Morgan fingerprint density at radius 3 is 2.74 bits per heavy atom. The average Bonchev–Trinajstić information content (AvgIpc) is 3.16. The highest BCUT2D eigenvalue weighted by atomic mass is 32.1. The molecule has 1 fully saturated rings. The van der Waals surface area contributed by atoms with Crippen LogP contribution < -0.4 is 5.32 Å². The molecule has 8 heteroatoms. The van der Waals surface area contributed by atoms with Crippen molar-refractivity contribution in [1.29, 1.82) is 0 Å². The number of amides is 2. The van der Waals surface area contributed by atoms with Gasteiger partial charge in [-0.15, -0.1) is 11.3 Å². The number of thiophene rings is 1. The predicted molar refractivity (Wildman–Crippen MR) is 122 cm³/mol. The fourth-order valence-electron chi connectivity index (χ4n) is 4.48. The zero-order valence-corrected chi connectivity index (χ0v) is 19.2. The van der Waals surface area contributed by atoms with E-state index in [4.69, 9.17) is 0 Å².